The normalized spacial score (nSPS) is 10.5. The summed E-state index contributed by atoms with van der Waals surface area (Å²) < 4.78 is 1.58. The first-order valence-corrected chi connectivity index (χ1v) is 8.43. The van der Waals surface area contributed by atoms with Crippen molar-refractivity contribution in [2.24, 2.45) is 0 Å². The van der Waals surface area contributed by atoms with Crippen molar-refractivity contribution in [3.05, 3.63) is 93.9 Å². The average Bonchev–Trinajstić information content (AvgIpc) is 2.67. The number of aromatic nitrogens is 3. The largest absolute Gasteiger partial charge is 0.345 e. The van der Waals surface area contributed by atoms with E-state index < -0.39 is 5.91 Å². The van der Waals surface area contributed by atoms with Gasteiger partial charge in [-0.25, -0.2) is 9.97 Å². The summed E-state index contributed by atoms with van der Waals surface area (Å²) in [5, 5.41) is 2.72. The highest BCUT2D eigenvalue weighted by Gasteiger charge is 2.15. The minimum Gasteiger partial charge on any atom is -0.345 e. The van der Waals surface area contributed by atoms with Gasteiger partial charge in [-0.05, 0) is 36.6 Å². The molecule has 0 spiro atoms. The number of aryl methyl sites for hydroxylation is 3. The summed E-state index contributed by atoms with van der Waals surface area (Å²) >= 11 is 0. The summed E-state index contributed by atoms with van der Waals surface area (Å²) in [5.74, 6) is 0.0906. The van der Waals surface area contributed by atoms with Crippen LogP contribution in [0, 0.1) is 6.92 Å². The first-order chi connectivity index (χ1) is 12.6. The molecule has 0 aliphatic heterocycles. The standard InChI is InChI=1S/C20H20N4O2/c1-15-8-12-24(13-9-16-6-3-2-4-7-16)20(26)18(15)19(25)23-14-17-21-10-5-11-22-17/h2-8,10-12H,9,13-14H2,1H3,(H,23,25). The van der Waals surface area contributed by atoms with Gasteiger partial charge >= 0.3 is 0 Å². The molecule has 1 aromatic carbocycles. The highest BCUT2D eigenvalue weighted by Crippen LogP contribution is 2.05. The molecule has 0 aliphatic carbocycles. The van der Waals surface area contributed by atoms with E-state index in [1.807, 2.05) is 30.3 Å². The first kappa shape index (κ1) is 17.5. The summed E-state index contributed by atoms with van der Waals surface area (Å²) in [5.41, 5.74) is 1.67. The van der Waals surface area contributed by atoms with Gasteiger partial charge in [-0.1, -0.05) is 30.3 Å². The Labute approximate surface area is 151 Å². The van der Waals surface area contributed by atoms with Crippen molar-refractivity contribution in [3.8, 4) is 0 Å². The van der Waals surface area contributed by atoms with E-state index in [1.54, 1.807) is 42.2 Å². The van der Waals surface area contributed by atoms with Crippen molar-refractivity contribution < 1.29 is 4.79 Å². The van der Waals surface area contributed by atoms with Crippen LogP contribution in [0.3, 0.4) is 0 Å². The minimum absolute atomic E-state index is 0.163. The molecule has 1 amide bonds. The number of benzene rings is 1. The lowest BCUT2D eigenvalue weighted by molar-refractivity contribution is 0.0947. The molecule has 2 heterocycles. The van der Waals surface area contributed by atoms with Crippen molar-refractivity contribution in [2.45, 2.75) is 26.4 Å². The molecule has 0 aliphatic rings. The molecule has 6 heteroatoms. The Morgan fingerprint density at radius 3 is 2.54 bits per heavy atom. The molecule has 0 bridgehead atoms. The minimum atomic E-state index is -0.408. The smallest absolute Gasteiger partial charge is 0.263 e. The molecule has 0 saturated heterocycles. The fourth-order valence-electron chi connectivity index (χ4n) is 2.68. The van der Waals surface area contributed by atoms with E-state index >= 15 is 0 Å². The van der Waals surface area contributed by atoms with Gasteiger partial charge < -0.3 is 9.88 Å². The Hall–Kier alpha value is -3.28. The number of amides is 1. The third-order valence-corrected chi connectivity index (χ3v) is 4.11. The third kappa shape index (κ3) is 4.22. The molecule has 0 unspecified atom stereocenters. The maximum Gasteiger partial charge on any atom is 0.263 e. The molecule has 26 heavy (non-hydrogen) atoms. The molecule has 132 valence electrons. The van der Waals surface area contributed by atoms with E-state index in [4.69, 9.17) is 0 Å². The van der Waals surface area contributed by atoms with Gasteiger partial charge in [0.05, 0.1) is 6.54 Å². The van der Waals surface area contributed by atoms with Crippen molar-refractivity contribution in [1.82, 2.24) is 19.9 Å². The van der Waals surface area contributed by atoms with Gasteiger partial charge in [-0.15, -0.1) is 0 Å². The van der Waals surface area contributed by atoms with Crippen LogP contribution >= 0.6 is 0 Å². The first-order valence-electron chi connectivity index (χ1n) is 8.43. The number of nitrogens with zero attached hydrogens (tertiary/aromatic N) is 3. The zero-order valence-electron chi connectivity index (χ0n) is 14.6. The number of hydrogen-bond acceptors (Lipinski definition) is 4. The quantitative estimate of drug-likeness (QED) is 0.740. The second-order valence-electron chi connectivity index (χ2n) is 5.96. The van der Waals surface area contributed by atoms with Crippen molar-refractivity contribution in [2.75, 3.05) is 0 Å². The number of carbonyl (C=O) groups is 1. The van der Waals surface area contributed by atoms with E-state index in [2.05, 4.69) is 15.3 Å². The van der Waals surface area contributed by atoms with Gasteiger partial charge in [-0.2, -0.15) is 0 Å². The van der Waals surface area contributed by atoms with Crippen LogP contribution in [-0.4, -0.2) is 20.4 Å². The summed E-state index contributed by atoms with van der Waals surface area (Å²) in [6, 6.07) is 13.4. The number of nitrogens with one attached hydrogen (secondary N) is 1. The summed E-state index contributed by atoms with van der Waals surface area (Å²) in [7, 11) is 0. The zero-order valence-corrected chi connectivity index (χ0v) is 14.6. The van der Waals surface area contributed by atoms with Gasteiger partial charge in [0, 0.05) is 25.1 Å². The fraction of sp³-hybridized carbons (Fsp3) is 0.200. The summed E-state index contributed by atoms with van der Waals surface area (Å²) in [6.07, 6.45) is 5.68. The van der Waals surface area contributed by atoms with Crippen LogP contribution in [0.15, 0.2) is 65.8 Å². The van der Waals surface area contributed by atoms with Gasteiger partial charge in [0.2, 0.25) is 0 Å². The molecule has 1 N–H and O–H groups in total. The number of rotatable bonds is 6. The van der Waals surface area contributed by atoms with Crippen LogP contribution in [0.5, 0.6) is 0 Å². The van der Waals surface area contributed by atoms with Gasteiger partial charge in [-0.3, -0.25) is 9.59 Å². The van der Waals surface area contributed by atoms with E-state index in [9.17, 15) is 9.59 Å². The Balaban J connectivity index is 1.74. The molecule has 3 rings (SSSR count). The number of hydrogen-bond donors (Lipinski definition) is 1. The number of pyridine rings is 1. The molecular formula is C20H20N4O2. The molecule has 0 saturated carbocycles. The van der Waals surface area contributed by atoms with Crippen molar-refractivity contribution in [3.63, 3.8) is 0 Å². The van der Waals surface area contributed by atoms with E-state index in [0.717, 1.165) is 12.0 Å². The van der Waals surface area contributed by atoms with Gasteiger partial charge in [0.15, 0.2) is 0 Å². The average molecular weight is 348 g/mol. The van der Waals surface area contributed by atoms with Crippen LogP contribution < -0.4 is 10.9 Å². The zero-order chi connectivity index (χ0) is 18.4. The predicted octanol–water partition coefficient (Wildman–Crippen LogP) is 2.12. The Bertz CT molecular complexity index is 937. The van der Waals surface area contributed by atoms with Crippen LogP contribution in [0.4, 0.5) is 0 Å². The highest BCUT2D eigenvalue weighted by atomic mass is 16.2. The summed E-state index contributed by atoms with van der Waals surface area (Å²) in [6.45, 7) is 2.46. The molecular weight excluding hydrogens is 328 g/mol. The van der Waals surface area contributed by atoms with E-state index in [-0.39, 0.29) is 17.7 Å². The highest BCUT2D eigenvalue weighted by molar-refractivity contribution is 5.95. The van der Waals surface area contributed by atoms with Crippen molar-refractivity contribution in [1.29, 1.82) is 0 Å². The fourth-order valence-corrected chi connectivity index (χ4v) is 2.68. The maximum absolute atomic E-state index is 12.7. The second kappa shape index (κ2) is 8.20. The van der Waals surface area contributed by atoms with Crippen molar-refractivity contribution >= 4 is 5.91 Å². The lowest BCUT2D eigenvalue weighted by Gasteiger charge is -2.11. The SMILES string of the molecule is Cc1ccn(CCc2ccccc2)c(=O)c1C(=O)NCc1ncccn1. The Morgan fingerprint density at radius 1 is 1.08 bits per heavy atom. The lowest BCUT2D eigenvalue weighted by atomic mass is 10.1. The van der Waals surface area contributed by atoms with Gasteiger partial charge in [0.1, 0.15) is 11.4 Å². The van der Waals surface area contributed by atoms with Crippen LogP contribution in [0.1, 0.15) is 27.3 Å². The van der Waals surface area contributed by atoms with E-state index in [1.165, 1.54) is 0 Å². The second-order valence-corrected chi connectivity index (χ2v) is 5.96. The van der Waals surface area contributed by atoms with Gasteiger partial charge in [0.25, 0.3) is 11.5 Å². The Kier molecular flexibility index (Phi) is 5.53. The lowest BCUT2D eigenvalue weighted by Crippen LogP contribution is -2.34. The van der Waals surface area contributed by atoms with Crippen LogP contribution in [0.2, 0.25) is 0 Å². The topological polar surface area (TPSA) is 76.9 Å². The maximum atomic E-state index is 12.7. The molecule has 0 radical (unpaired) electrons. The third-order valence-electron chi connectivity index (χ3n) is 4.11. The molecule has 6 nitrogen and oxygen atoms in total. The van der Waals surface area contributed by atoms with Crippen LogP contribution in [0.25, 0.3) is 0 Å². The molecule has 3 aromatic rings. The predicted molar refractivity (Wildman–Crippen MR) is 98.8 cm³/mol. The number of carbonyl (C=O) groups excluding carboxylic acids is 1. The molecule has 0 fully saturated rings. The Morgan fingerprint density at radius 2 is 1.81 bits per heavy atom. The van der Waals surface area contributed by atoms with Crippen LogP contribution in [-0.2, 0) is 19.5 Å². The summed E-state index contributed by atoms with van der Waals surface area (Å²) in [4.78, 5) is 33.4. The van der Waals surface area contributed by atoms with E-state index in [0.29, 0.717) is 17.9 Å². The molecule has 2 aromatic heterocycles. The monoisotopic (exact) mass is 348 g/mol. The molecule has 0 atom stereocenters.